The van der Waals surface area contributed by atoms with Gasteiger partial charge in [-0.25, -0.2) is 0 Å². The second-order valence-corrected chi connectivity index (χ2v) is 6.02. The van der Waals surface area contributed by atoms with Crippen molar-refractivity contribution in [2.24, 2.45) is 0 Å². The van der Waals surface area contributed by atoms with Gasteiger partial charge in [0.15, 0.2) is 0 Å². The molecule has 0 saturated carbocycles. The Bertz CT molecular complexity index is 473. The van der Waals surface area contributed by atoms with Gasteiger partial charge >= 0.3 is 0 Å². The van der Waals surface area contributed by atoms with E-state index in [2.05, 4.69) is 30.4 Å². The molecular formula is C17H27N3O. The van der Waals surface area contributed by atoms with Gasteiger partial charge in [-0.05, 0) is 58.6 Å². The molecule has 0 aromatic heterocycles. The third kappa shape index (κ3) is 4.05. The van der Waals surface area contributed by atoms with Gasteiger partial charge in [-0.3, -0.25) is 4.79 Å². The molecule has 1 N–H and O–H groups in total. The highest BCUT2D eigenvalue weighted by atomic mass is 16.2. The second kappa shape index (κ2) is 7.57. The molecule has 1 unspecified atom stereocenters. The highest BCUT2D eigenvalue weighted by molar-refractivity contribution is 5.95. The van der Waals surface area contributed by atoms with Crippen molar-refractivity contribution in [1.29, 1.82) is 0 Å². The van der Waals surface area contributed by atoms with E-state index in [0.717, 1.165) is 43.6 Å². The number of carbonyl (C=O) groups is 1. The number of nitrogens with zero attached hydrogens (tertiary/aromatic N) is 2. The van der Waals surface area contributed by atoms with E-state index in [4.69, 9.17) is 0 Å². The largest absolute Gasteiger partial charge is 0.337 e. The minimum atomic E-state index is 0.188. The maximum Gasteiger partial charge on any atom is 0.254 e. The summed E-state index contributed by atoms with van der Waals surface area (Å²) in [6, 6.07) is 8.49. The number of piperidine rings is 1. The fraction of sp³-hybridized carbons (Fsp3) is 0.588. The van der Waals surface area contributed by atoms with Gasteiger partial charge in [0.2, 0.25) is 0 Å². The van der Waals surface area contributed by atoms with Crippen LogP contribution in [0.1, 0.15) is 28.8 Å². The average Bonchev–Trinajstić information content (AvgIpc) is 2.52. The summed E-state index contributed by atoms with van der Waals surface area (Å²) in [4.78, 5) is 17.1. The van der Waals surface area contributed by atoms with Crippen LogP contribution in [0, 0.1) is 0 Å². The number of likely N-dealkylation sites (N-methyl/N-ethyl adjacent to an activating group) is 2. The quantitative estimate of drug-likeness (QED) is 0.894. The van der Waals surface area contributed by atoms with E-state index in [1.165, 1.54) is 6.42 Å². The van der Waals surface area contributed by atoms with E-state index in [0.29, 0.717) is 6.04 Å². The molecule has 2 rings (SSSR count). The Morgan fingerprint density at radius 1 is 1.38 bits per heavy atom. The Morgan fingerprint density at radius 2 is 2.14 bits per heavy atom. The van der Waals surface area contributed by atoms with Gasteiger partial charge in [0.25, 0.3) is 5.91 Å². The van der Waals surface area contributed by atoms with Crippen LogP contribution in [0.15, 0.2) is 24.3 Å². The van der Waals surface area contributed by atoms with Crippen molar-refractivity contribution in [2.75, 3.05) is 40.8 Å². The van der Waals surface area contributed by atoms with Gasteiger partial charge in [-0.2, -0.15) is 0 Å². The molecule has 116 valence electrons. The predicted molar refractivity (Wildman–Crippen MR) is 86.7 cm³/mol. The van der Waals surface area contributed by atoms with Crippen LogP contribution in [0.5, 0.6) is 0 Å². The van der Waals surface area contributed by atoms with Crippen LogP contribution >= 0.6 is 0 Å². The van der Waals surface area contributed by atoms with Crippen molar-refractivity contribution in [3.05, 3.63) is 35.4 Å². The van der Waals surface area contributed by atoms with E-state index in [9.17, 15) is 4.79 Å². The lowest BCUT2D eigenvalue weighted by atomic mass is 10.00. The second-order valence-electron chi connectivity index (χ2n) is 6.02. The molecule has 21 heavy (non-hydrogen) atoms. The van der Waals surface area contributed by atoms with E-state index >= 15 is 0 Å². The SMILES string of the molecule is CNCCc1ccccc1C(=O)N1CCCC(N(C)C)C1. The maximum atomic E-state index is 12.8. The summed E-state index contributed by atoms with van der Waals surface area (Å²) in [5, 5.41) is 3.15. The van der Waals surface area contributed by atoms with Crippen LogP contribution in [-0.2, 0) is 6.42 Å². The number of amides is 1. The zero-order chi connectivity index (χ0) is 15.2. The molecule has 0 radical (unpaired) electrons. The number of carbonyl (C=O) groups excluding carboxylic acids is 1. The molecule has 1 aliphatic rings. The fourth-order valence-electron chi connectivity index (χ4n) is 2.94. The molecule has 4 heteroatoms. The minimum Gasteiger partial charge on any atom is -0.337 e. The summed E-state index contributed by atoms with van der Waals surface area (Å²) in [6.07, 6.45) is 3.16. The van der Waals surface area contributed by atoms with Crippen LogP contribution in [0.3, 0.4) is 0 Å². The third-order valence-corrected chi connectivity index (χ3v) is 4.31. The van der Waals surface area contributed by atoms with Crippen molar-refractivity contribution >= 4 is 5.91 Å². The monoisotopic (exact) mass is 289 g/mol. The van der Waals surface area contributed by atoms with E-state index in [1.807, 2.05) is 30.1 Å². The smallest absolute Gasteiger partial charge is 0.254 e. The predicted octanol–water partition coefficient (Wildman–Crippen LogP) is 1.61. The summed E-state index contributed by atoms with van der Waals surface area (Å²) >= 11 is 0. The summed E-state index contributed by atoms with van der Waals surface area (Å²) in [5.41, 5.74) is 2.01. The molecule has 0 aliphatic carbocycles. The first kappa shape index (κ1) is 16.0. The van der Waals surface area contributed by atoms with Crippen LogP contribution < -0.4 is 5.32 Å². The van der Waals surface area contributed by atoms with Crippen molar-refractivity contribution in [3.8, 4) is 0 Å². The molecule has 1 fully saturated rings. The molecule has 1 heterocycles. The van der Waals surface area contributed by atoms with Gasteiger partial charge in [0, 0.05) is 24.7 Å². The van der Waals surface area contributed by atoms with Crippen LogP contribution in [-0.4, -0.2) is 62.5 Å². The van der Waals surface area contributed by atoms with Crippen molar-refractivity contribution in [1.82, 2.24) is 15.1 Å². The first-order valence-corrected chi connectivity index (χ1v) is 7.81. The first-order chi connectivity index (χ1) is 10.1. The van der Waals surface area contributed by atoms with Gasteiger partial charge in [0.1, 0.15) is 0 Å². The lowest BCUT2D eigenvalue weighted by Gasteiger charge is -2.36. The Morgan fingerprint density at radius 3 is 2.86 bits per heavy atom. The molecule has 1 atom stereocenters. The molecule has 1 aliphatic heterocycles. The van der Waals surface area contributed by atoms with Crippen LogP contribution in [0.2, 0.25) is 0 Å². The van der Waals surface area contributed by atoms with Crippen LogP contribution in [0.4, 0.5) is 0 Å². The molecular weight excluding hydrogens is 262 g/mol. The molecule has 1 aromatic carbocycles. The van der Waals surface area contributed by atoms with Gasteiger partial charge < -0.3 is 15.1 Å². The van der Waals surface area contributed by atoms with Crippen molar-refractivity contribution < 1.29 is 4.79 Å². The normalized spacial score (nSPS) is 19.0. The van der Waals surface area contributed by atoms with E-state index in [1.54, 1.807) is 0 Å². The Balaban J connectivity index is 2.12. The Labute approximate surface area is 128 Å². The lowest BCUT2D eigenvalue weighted by Crippen LogP contribution is -2.47. The van der Waals surface area contributed by atoms with Gasteiger partial charge in [0.05, 0.1) is 0 Å². The number of rotatable bonds is 5. The lowest BCUT2D eigenvalue weighted by molar-refractivity contribution is 0.0634. The van der Waals surface area contributed by atoms with Gasteiger partial charge in [-0.1, -0.05) is 18.2 Å². The molecule has 1 amide bonds. The zero-order valence-corrected chi connectivity index (χ0v) is 13.4. The third-order valence-electron chi connectivity index (χ3n) is 4.31. The zero-order valence-electron chi connectivity index (χ0n) is 13.4. The highest BCUT2D eigenvalue weighted by Gasteiger charge is 2.26. The van der Waals surface area contributed by atoms with Crippen LogP contribution in [0.25, 0.3) is 0 Å². The number of hydrogen-bond donors (Lipinski definition) is 1. The summed E-state index contributed by atoms with van der Waals surface area (Å²) in [5.74, 6) is 0.188. The van der Waals surface area contributed by atoms with E-state index < -0.39 is 0 Å². The van der Waals surface area contributed by atoms with E-state index in [-0.39, 0.29) is 5.91 Å². The summed E-state index contributed by atoms with van der Waals surface area (Å²) in [7, 11) is 6.13. The van der Waals surface area contributed by atoms with Gasteiger partial charge in [-0.15, -0.1) is 0 Å². The van der Waals surface area contributed by atoms with Crippen molar-refractivity contribution in [2.45, 2.75) is 25.3 Å². The molecule has 0 bridgehead atoms. The molecule has 1 aromatic rings. The maximum absolute atomic E-state index is 12.8. The molecule has 4 nitrogen and oxygen atoms in total. The Hall–Kier alpha value is -1.39. The summed E-state index contributed by atoms with van der Waals surface area (Å²) in [6.45, 7) is 2.61. The number of benzene rings is 1. The number of likely N-dealkylation sites (tertiary alicyclic amines) is 1. The fourth-order valence-corrected chi connectivity index (χ4v) is 2.94. The topological polar surface area (TPSA) is 35.6 Å². The molecule has 1 saturated heterocycles. The number of nitrogens with one attached hydrogen (secondary N) is 1. The first-order valence-electron chi connectivity index (χ1n) is 7.81. The number of hydrogen-bond acceptors (Lipinski definition) is 3. The van der Waals surface area contributed by atoms with Crippen molar-refractivity contribution in [3.63, 3.8) is 0 Å². The Kier molecular flexibility index (Phi) is 5.76. The standard InChI is InChI=1S/C17H27N3O/c1-18-11-10-14-7-4-5-9-16(14)17(21)20-12-6-8-15(13-20)19(2)3/h4-5,7,9,15,18H,6,8,10-13H2,1-3H3. The highest BCUT2D eigenvalue weighted by Crippen LogP contribution is 2.18. The molecule has 0 spiro atoms. The summed E-state index contributed by atoms with van der Waals surface area (Å²) < 4.78 is 0. The average molecular weight is 289 g/mol. The minimum absolute atomic E-state index is 0.188.